The Morgan fingerprint density at radius 2 is 1.25 bits per heavy atom. The minimum atomic E-state index is 0.421. The zero-order valence-corrected chi connectivity index (χ0v) is 13.1. The fourth-order valence-corrected chi connectivity index (χ4v) is 2.32. The SMILES string of the molecule is CC(C)C(C)CCC(C)(C)C(C)C(C)(C)C. The average molecular weight is 226 g/mol. The molecule has 0 spiro atoms. The summed E-state index contributed by atoms with van der Waals surface area (Å²) in [6.07, 6.45) is 2.72. The van der Waals surface area contributed by atoms with E-state index < -0.39 is 0 Å². The molecule has 98 valence electrons. The molecule has 0 aromatic rings. The van der Waals surface area contributed by atoms with E-state index in [1.165, 1.54) is 12.8 Å². The topological polar surface area (TPSA) is 0 Å². The molecule has 0 aromatic heterocycles. The Labute approximate surface area is 104 Å². The summed E-state index contributed by atoms with van der Waals surface area (Å²) in [5.41, 5.74) is 0.881. The smallest absolute Gasteiger partial charge is 0.0323 e. The molecule has 2 unspecified atom stereocenters. The first-order valence-electron chi connectivity index (χ1n) is 6.98. The molecule has 0 bridgehead atoms. The third-order valence-corrected chi connectivity index (χ3v) is 4.85. The lowest BCUT2D eigenvalue weighted by atomic mass is 9.64. The standard InChI is InChI=1S/C16H34/c1-12(2)13(3)10-11-16(8,9)14(4)15(5,6)7/h12-14H,10-11H2,1-9H3. The zero-order chi connectivity index (χ0) is 13.1. The molecular formula is C16H34. The molecule has 0 amide bonds. The quantitative estimate of drug-likeness (QED) is 0.558. The Hall–Kier alpha value is 0. The van der Waals surface area contributed by atoms with Gasteiger partial charge in [-0.3, -0.25) is 0 Å². The van der Waals surface area contributed by atoms with E-state index in [1.807, 2.05) is 0 Å². The zero-order valence-electron chi connectivity index (χ0n) is 13.1. The summed E-state index contributed by atoms with van der Waals surface area (Å²) < 4.78 is 0. The Kier molecular flexibility index (Phi) is 5.56. The highest BCUT2D eigenvalue weighted by atomic mass is 14.4. The molecule has 0 aromatic carbocycles. The van der Waals surface area contributed by atoms with Gasteiger partial charge in [-0.25, -0.2) is 0 Å². The van der Waals surface area contributed by atoms with Crippen molar-refractivity contribution in [3.63, 3.8) is 0 Å². The minimum absolute atomic E-state index is 0.421. The first kappa shape index (κ1) is 16.0. The van der Waals surface area contributed by atoms with Crippen molar-refractivity contribution in [3.05, 3.63) is 0 Å². The highest BCUT2D eigenvalue weighted by Crippen LogP contribution is 2.43. The van der Waals surface area contributed by atoms with Gasteiger partial charge in [0.1, 0.15) is 0 Å². The van der Waals surface area contributed by atoms with Crippen molar-refractivity contribution in [3.8, 4) is 0 Å². The van der Waals surface area contributed by atoms with E-state index in [0.29, 0.717) is 10.8 Å². The molecule has 0 rings (SSSR count). The molecule has 0 N–H and O–H groups in total. The van der Waals surface area contributed by atoms with E-state index in [-0.39, 0.29) is 0 Å². The first-order valence-corrected chi connectivity index (χ1v) is 6.98. The largest absolute Gasteiger partial charge is 0.0625 e. The molecule has 0 heterocycles. The summed E-state index contributed by atoms with van der Waals surface area (Å²) in [7, 11) is 0. The fraction of sp³-hybridized carbons (Fsp3) is 1.00. The molecule has 2 atom stereocenters. The van der Waals surface area contributed by atoms with Gasteiger partial charge in [-0.2, -0.15) is 0 Å². The van der Waals surface area contributed by atoms with Crippen LogP contribution < -0.4 is 0 Å². The first-order chi connectivity index (χ1) is 6.98. The summed E-state index contributed by atoms with van der Waals surface area (Å²) >= 11 is 0. The molecular weight excluding hydrogens is 192 g/mol. The van der Waals surface area contributed by atoms with Gasteiger partial charge < -0.3 is 0 Å². The van der Waals surface area contributed by atoms with Crippen LogP contribution >= 0.6 is 0 Å². The summed E-state index contributed by atoms with van der Waals surface area (Å²) in [6.45, 7) is 21.5. The van der Waals surface area contributed by atoms with E-state index in [1.54, 1.807) is 0 Å². The number of rotatable bonds is 5. The van der Waals surface area contributed by atoms with Gasteiger partial charge >= 0.3 is 0 Å². The fourth-order valence-electron chi connectivity index (χ4n) is 2.32. The van der Waals surface area contributed by atoms with Crippen molar-refractivity contribution in [2.24, 2.45) is 28.6 Å². The van der Waals surface area contributed by atoms with Crippen LogP contribution in [0.4, 0.5) is 0 Å². The summed E-state index contributed by atoms with van der Waals surface area (Å²) in [5, 5.41) is 0. The van der Waals surface area contributed by atoms with Crippen molar-refractivity contribution >= 4 is 0 Å². The van der Waals surface area contributed by atoms with Crippen molar-refractivity contribution in [2.45, 2.75) is 75.2 Å². The minimum Gasteiger partial charge on any atom is -0.0625 e. The molecule has 16 heavy (non-hydrogen) atoms. The van der Waals surface area contributed by atoms with Crippen molar-refractivity contribution in [2.75, 3.05) is 0 Å². The van der Waals surface area contributed by atoms with Crippen LogP contribution in [0.25, 0.3) is 0 Å². The van der Waals surface area contributed by atoms with E-state index in [0.717, 1.165) is 17.8 Å². The lowest BCUT2D eigenvalue weighted by Crippen LogP contribution is -2.32. The molecule has 0 aliphatic heterocycles. The molecule has 0 radical (unpaired) electrons. The van der Waals surface area contributed by atoms with E-state index in [9.17, 15) is 0 Å². The number of hydrogen-bond donors (Lipinski definition) is 0. The van der Waals surface area contributed by atoms with E-state index in [2.05, 4.69) is 62.3 Å². The second-order valence-corrected chi connectivity index (χ2v) is 7.84. The van der Waals surface area contributed by atoms with Gasteiger partial charge in [0.15, 0.2) is 0 Å². The average Bonchev–Trinajstić information content (AvgIpc) is 2.11. The van der Waals surface area contributed by atoms with Crippen molar-refractivity contribution in [1.82, 2.24) is 0 Å². The Morgan fingerprint density at radius 1 is 0.812 bits per heavy atom. The Morgan fingerprint density at radius 3 is 1.56 bits per heavy atom. The molecule has 0 saturated heterocycles. The van der Waals surface area contributed by atoms with Gasteiger partial charge in [0.05, 0.1) is 0 Å². The van der Waals surface area contributed by atoms with Crippen molar-refractivity contribution < 1.29 is 0 Å². The van der Waals surface area contributed by atoms with Gasteiger partial charge in [0, 0.05) is 0 Å². The summed E-state index contributed by atoms with van der Waals surface area (Å²) in [6, 6.07) is 0. The van der Waals surface area contributed by atoms with Crippen LogP contribution in [-0.2, 0) is 0 Å². The normalized spacial score (nSPS) is 17.6. The van der Waals surface area contributed by atoms with Crippen LogP contribution in [0.1, 0.15) is 75.2 Å². The van der Waals surface area contributed by atoms with Crippen LogP contribution in [0.15, 0.2) is 0 Å². The maximum Gasteiger partial charge on any atom is -0.0323 e. The molecule has 0 saturated carbocycles. The van der Waals surface area contributed by atoms with Crippen LogP contribution in [0, 0.1) is 28.6 Å². The van der Waals surface area contributed by atoms with Gasteiger partial charge in [0.25, 0.3) is 0 Å². The highest BCUT2D eigenvalue weighted by molar-refractivity contribution is 4.84. The van der Waals surface area contributed by atoms with Gasteiger partial charge in [-0.15, -0.1) is 0 Å². The maximum atomic E-state index is 2.44. The predicted molar refractivity (Wildman–Crippen MR) is 75.6 cm³/mol. The molecule has 0 fully saturated rings. The van der Waals surface area contributed by atoms with Crippen LogP contribution in [0.3, 0.4) is 0 Å². The van der Waals surface area contributed by atoms with E-state index in [4.69, 9.17) is 0 Å². The number of hydrogen-bond acceptors (Lipinski definition) is 0. The third-order valence-electron chi connectivity index (χ3n) is 4.85. The van der Waals surface area contributed by atoms with Gasteiger partial charge in [0.2, 0.25) is 0 Å². The summed E-state index contributed by atoms with van der Waals surface area (Å²) in [5.74, 6) is 2.44. The highest BCUT2D eigenvalue weighted by Gasteiger charge is 2.34. The molecule has 0 aliphatic carbocycles. The van der Waals surface area contributed by atoms with Crippen LogP contribution in [0.5, 0.6) is 0 Å². The third kappa shape index (κ3) is 4.89. The van der Waals surface area contributed by atoms with Crippen molar-refractivity contribution in [1.29, 1.82) is 0 Å². The molecule has 0 heteroatoms. The second-order valence-electron chi connectivity index (χ2n) is 7.84. The molecule has 0 aliphatic rings. The Bertz CT molecular complexity index is 193. The lowest BCUT2D eigenvalue weighted by molar-refractivity contribution is 0.0860. The van der Waals surface area contributed by atoms with Gasteiger partial charge in [-0.05, 0) is 41.4 Å². The lowest BCUT2D eigenvalue weighted by Gasteiger charge is -2.41. The molecule has 0 nitrogen and oxygen atoms in total. The second kappa shape index (κ2) is 5.56. The summed E-state index contributed by atoms with van der Waals surface area (Å²) in [4.78, 5) is 0. The van der Waals surface area contributed by atoms with E-state index >= 15 is 0 Å². The predicted octanol–water partition coefficient (Wildman–Crippen LogP) is 5.77. The van der Waals surface area contributed by atoms with Gasteiger partial charge in [-0.1, -0.05) is 62.3 Å². The maximum absolute atomic E-state index is 2.44. The van der Waals surface area contributed by atoms with Crippen LogP contribution in [-0.4, -0.2) is 0 Å². The van der Waals surface area contributed by atoms with Crippen LogP contribution in [0.2, 0.25) is 0 Å². The Balaban J connectivity index is 4.35. The monoisotopic (exact) mass is 226 g/mol.